The minimum Gasteiger partial charge on any atom is -0.494 e. The number of fused-ring (bicyclic) bond motifs is 2. The normalized spacial score (nSPS) is 14.0. The Labute approximate surface area is 205 Å². The third-order valence-electron chi connectivity index (χ3n) is 6.19. The Kier molecular flexibility index (Phi) is 6.66. The van der Waals surface area contributed by atoms with Crippen LogP contribution in [0.5, 0.6) is 5.75 Å². The van der Waals surface area contributed by atoms with Crippen LogP contribution in [-0.4, -0.2) is 35.8 Å². The van der Waals surface area contributed by atoms with Crippen LogP contribution in [0.15, 0.2) is 78.0 Å². The summed E-state index contributed by atoms with van der Waals surface area (Å²) in [5.74, 6) is 1.43. The first-order valence-electron chi connectivity index (χ1n) is 11.9. The molecular weight excluding hydrogens is 460 g/mol. The van der Waals surface area contributed by atoms with Crippen LogP contribution in [0.25, 0.3) is 10.9 Å². The maximum atomic E-state index is 13.3. The molecule has 0 aliphatic carbocycles. The average molecular weight is 489 g/mol. The summed E-state index contributed by atoms with van der Waals surface area (Å²) in [5.41, 5.74) is 3.76. The summed E-state index contributed by atoms with van der Waals surface area (Å²) in [7, 11) is -3.62. The number of unbranched alkanes of at least 4 members (excludes halogenated alkanes) is 1. The maximum absolute atomic E-state index is 13.3. The molecule has 5 rings (SSSR count). The Morgan fingerprint density at radius 3 is 2.71 bits per heavy atom. The van der Waals surface area contributed by atoms with Gasteiger partial charge in [0.2, 0.25) is 10.0 Å². The molecule has 0 fully saturated rings. The fourth-order valence-electron chi connectivity index (χ4n) is 4.25. The van der Waals surface area contributed by atoms with Gasteiger partial charge in [-0.15, -0.1) is 0 Å². The zero-order chi connectivity index (χ0) is 24.3. The van der Waals surface area contributed by atoms with E-state index in [2.05, 4.69) is 22.2 Å². The smallest absolute Gasteiger partial charge is 0.243 e. The lowest BCUT2D eigenvalue weighted by atomic mass is 10.0. The standard InChI is InChI=1S/C27H28N4O3S/c1-2-3-16-34-23-8-10-24(11-9-23)35(32,33)31-15-13-25-21(19-31)12-14-28-27(25)30-22-17-20-6-4-5-7-26(20)29-18-22/h4-12,14,17-18H,2-3,13,15-16,19H2,1H3,(H,28,30). The van der Waals surface area contributed by atoms with E-state index in [0.717, 1.165) is 46.4 Å². The van der Waals surface area contributed by atoms with E-state index in [9.17, 15) is 8.42 Å². The number of sulfonamides is 1. The van der Waals surface area contributed by atoms with E-state index in [1.807, 2.05) is 36.4 Å². The number of nitrogens with one attached hydrogen (secondary N) is 1. The van der Waals surface area contributed by atoms with Crippen LogP contribution in [0.4, 0.5) is 11.5 Å². The number of rotatable bonds is 8. The molecule has 8 heteroatoms. The molecule has 2 aromatic heterocycles. The van der Waals surface area contributed by atoms with Crippen LogP contribution in [0, 0.1) is 0 Å². The number of pyridine rings is 2. The molecule has 35 heavy (non-hydrogen) atoms. The molecule has 1 aliphatic rings. The fourth-order valence-corrected chi connectivity index (χ4v) is 5.66. The summed E-state index contributed by atoms with van der Waals surface area (Å²) in [6.45, 7) is 3.43. The number of anilines is 2. The van der Waals surface area contributed by atoms with Crippen molar-refractivity contribution in [1.29, 1.82) is 0 Å². The summed E-state index contributed by atoms with van der Waals surface area (Å²) >= 11 is 0. The van der Waals surface area contributed by atoms with Crippen LogP contribution in [0.2, 0.25) is 0 Å². The zero-order valence-electron chi connectivity index (χ0n) is 19.6. The maximum Gasteiger partial charge on any atom is 0.243 e. The van der Waals surface area contributed by atoms with Crippen LogP contribution < -0.4 is 10.1 Å². The second-order valence-corrected chi connectivity index (χ2v) is 10.5. The molecule has 4 aromatic rings. The minimum atomic E-state index is -3.62. The second kappa shape index (κ2) is 10.0. The Morgan fingerprint density at radius 2 is 1.89 bits per heavy atom. The zero-order valence-corrected chi connectivity index (χ0v) is 20.5. The average Bonchev–Trinajstić information content (AvgIpc) is 2.89. The van der Waals surface area contributed by atoms with Gasteiger partial charge in [0.1, 0.15) is 11.6 Å². The van der Waals surface area contributed by atoms with Gasteiger partial charge in [0, 0.05) is 30.2 Å². The molecule has 0 saturated heterocycles. The lowest BCUT2D eigenvalue weighted by Crippen LogP contribution is -2.36. The van der Waals surface area contributed by atoms with Crippen molar-refractivity contribution in [3.63, 3.8) is 0 Å². The number of nitrogens with zero attached hydrogens (tertiary/aromatic N) is 3. The molecule has 0 amide bonds. The van der Waals surface area contributed by atoms with E-state index in [0.29, 0.717) is 31.9 Å². The molecule has 7 nitrogen and oxygen atoms in total. The van der Waals surface area contributed by atoms with Crippen LogP contribution >= 0.6 is 0 Å². The van der Waals surface area contributed by atoms with E-state index in [1.165, 1.54) is 4.31 Å². The predicted octanol–water partition coefficient (Wildman–Crippen LogP) is 5.30. The van der Waals surface area contributed by atoms with Crippen molar-refractivity contribution in [2.45, 2.75) is 37.6 Å². The van der Waals surface area contributed by atoms with Gasteiger partial charge in [0.05, 0.1) is 28.9 Å². The molecule has 0 radical (unpaired) electrons. The predicted molar refractivity (Wildman–Crippen MR) is 137 cm³/mol. The quantitative estimate of drug-likeness (QED) is 0.339. The number of ether oxygens (including phenoxy) is 1. The third-order valence-corrected chi connectivity index (χ3v) is 8.05. The Balaban J connectivity index is 1.33. The van der Waals surface area contributed by atoms with E-state index in [4.69, 9.17) is 4.74 Å². The lowest BCUT2D eigenvalue weighted by Gasteiger charge is -2.29. The van der Waals surface area contributed by atoms with E-state index < -0.39 is 10.0 Å². The molecule has 3 heterocycles. The Morgan fingerprint density at radius 1 is 1.06 bits per heavy atom. The Bertz CT molecular complexity index is 1440. The molecular formula is C27H28N4O3S. The van der Waals surface area contributed by atoms with Crippen molar-refractivity contribution in [3.05, 3.63) is 84.2 Å². The van der Waals surface area contributed by atoms with Crippen LogP contribution in [-0.2, 0) is 23.0 Å². The van der Waals surface area contributed by atoms with Gasteiger partial charge >= 0.3 is 0 Å². The van der Waals surface area contributed by atoms with Crippen LogP contribution in [0.1, 0.15) is 30.9 Å². The summed E-state index contributed by atoms with van der Waals surface area (Å²) in [6.07, 6.45) is 6.10. The van der Waals surface area contributed by atoms with Crippen molar-refractivity contribution in [1.82, 2.24) is 14.3 Å². The van der Waals surface area contributed by atoms with E-state index in [-0.39, 0.29) is 4.90 Å². The number of hydrogen-bond donors (Lipinski definition) is 1. The summed E-state index contributed by atoms with van der Waals surface area (Å²) in [5, 5.41) is 4.42. The fraction of sp³-hybridized carbons (Fsp3) is 0.259. The monoisotopic (exact) mass is 488 g/mol. The van der Waals surface area contributed by atoms with Gasteiger partial charge in [-0.2, -0.15) is 4.31 Å². The first-order valence-corrected chi connectivity index (χ1v) is 13.3. The third kappa shape index (κ3) is 4.99. The second-order valence-electron chi connectivity index (χ2n) is 8.60. The van der Waals surface area contributed by atoms with Crippen molar-refractivity contribution in [2.24, 2.45) is 0 Å². The summed E-state index contributed by atoms with van der Waals surface area (Å²) in [6, 6.07) is 18.6. The number of hydrogen-bond acceptors (Lipinski definition) is 6. The van der Waals surface area contributed by atoms with Crippen molar-refractivity contribution in [3.8, 4) is 5.75 Å². The minimum absolute atomic E-state index is 0.276. The van der Waals surface area contributed by atoms with Crippen molar-refractivity contribution < 1.29 is 13.2 Å². The highest BCUT2D eigenvalue weighted by Gasteiger charge is 2.29. The topological polar surface area (TPSA) is 84.4 Å². The van der Waals surface area contributed by atoms with Crippen molar-refractivity contribution in [2.75, 3.05) is 18.5 Å². The number of aromatic nitrogens is 2. The van der Waals surface area contributed by atoms with E-state index in [1.54, 1.807) is 36.7 Å². The molecule has 180 valence electrons. The molecule has 0 bridgehead atoms. The van der Waals surface area contributed by atoms with Crippen molar-refractivity contribution >= 4 is 32.4 Å². The lowest BCUT2D eigenvalue weighted by molar-refractivity contribution is 0.309. The SMILES string of the molecule is CCCCOc1ccc(S(=O)(=O)N2CCc3c(ccnc3Nc3cnc4ccccc4c3)C2)cc1. The van der Waals surface area contributed by atoms with Gasteiger partial charge in [-0.05, 0) is 60.9 Å². The first-order chi connectivity index (χ1) is 17.0. The molecule has 2 aromatic carbocycles. The van der Waals surface area contributed by atoms with E-state index >= 15 is 0 Å². The van der Waals surface area contributed by atoms with Gasteiger partial charge in [0.15, 0.2) is 0 Å². The number of para-hydroxylation sites is 1. The highest BCUT2D eigenvalue weighted by Crippen LogP contribution is 2.30. The Hall–Kier alpha value is -3.49. The van der Waals surface area contributed by atoms with Gasteiger partial charge in [-0.3, -0.25) is 4.98 Å². The highest BCUT2D eigenvalue weighted by atomic mass is 32.2. The molecule has 0 saturated carbocycles. The first kappa shape index (κ1) is 23.3. The van der Waals surface area contributed by atoms with Gasteiger partial charge in [-0.25, -0.2) is 13.4 Å². The van der Waals surface area contributed by atoms with Gasteiger partial charge < -0.3 is 10.1 Å². The molecule has 0 spiro atoms. The molecule has 0 unspecified atom stereocenters. The highest BCUT2D eigenvalue weighted by molar-refractivity contribution is 7.89. The van der Waals surface area contributed by atoms with Crippen LogP contribution in [0.3, 0.4) is 0 Å². The molecule has 1 N–H and O–H groups in total. The van der Waals surface area contributed by atoms with Gasteiger partial charge in [-0.1, -0.05) is 31.5 Å². The largest absolute Gasteiger partial charge is 0.494 e. The molecule has 1 aliphatic heterocycles. The summed E-state index contributed by atoms with van der Waals surface area (Å²) in [4.78, 5) is 9.32. The number of benzene rings is 2. The van der Waals surface area contributed by atoms with Gasteiger partial charge in [0.25, 0.3) is 0 Å². The molecule has 0 atom stereocenters. The summed E-state index contributed by atoms with van der Waals surface area (Å²) < 4.78 is 33.8.